The number of amides is 1. The number of ether oxygens (including phenoxy) is 1. The number of hydrogen-bond donors (Lipinski definition) is 1. The minimum atomic E-state index is -0.105. The van der Waals surface area contributed by atoms with Gasteiger partial charge in [0.1, 0.15) is 5.75 Å². The molecule has 1 heterocycles. The van der Waals surface area contributed by atoms with E-state index < -0.39 is 0 Å². The van der Waals surface area contributed by atoms with Crippen molar-refractivity contribution in [2.24, 2.45) is 0 Å². The van der Waals surface area contributed by atoms with Crippen LogP contribution in [0.2, 0.25) is 0 Å². The number of nitrogens with zero attached hydrogens (tertiary/aromatic N) is 3. The van der Waals surface area contributed by atoms with Gasteiger partial charge in [0.15, 0.2) is 11.0 Å². The fourth-order valence-corrected chi connectivity index (χ4v) is 4.61. The molecule has 0 radical (unpaired) electrons. The van der Waals surface area contributed by atoms with Crippen molar-refractivity contribution >= 4 is 39.3 Å². The lowest BCUT2D eigenvalue weighted by atomic mass is 10.1. The smallest absolute Gasteiger partial charge is 0.234 e. The number of aryl methyl sites for hydroxylation is 2. The maximum atomic E-state index is 12.7. The van der Waals surface area contributed by atoms with E-state index in [1.54, 1.807) is 7.11 Å². The summed E-state index contributed by atoms with van der Waals surface area (Å²) in [6, 6.07) is 21.6. The molecule has 4 rings (SSSR count). The van der Waals surface area contributed by atoms with Crippen molar-refractivity contribution in [3.63, 3.8) is 0 Å². The number of carbonyl (C=O) groups excluding carboxylic acids is 1. The second-order valence-electron chi connectivity index (χ2n) is 7.51. The number of halogens is 1. The molecule has 1 aromatic heterocycles. The Bertz CT molecular complexity index is 1290. The predicted octanol–water partition coefficient (Wildman–Crippen LogP) is 6.05. The third-order valence-corrected chi connectivity index (χ3v) is 6.46. The highest BCUT2D eigenvalue weighted by atomic mass is 79.9. The van der Waals surface area contributed by atoms with Crippen LogP contribution in [0.3, 0.4) is 0 Å². The van der Waals surface area contributed by atoms with E-state index in [0.29, 0.717) is 5.16 Å². The van der Waals surface area contributed by atoms with Gasteiger partial charge in [-0.05, 0) is 67.9 Å². The van der Waals surface area contributed by atoms with E-state index >= 15 is 0 Å². The molecule has 0 saturated heterocycles. The van der Waals surface area contributed by atoms with E-state index in [9.17, 15) is 4.79 Å². The van der Waals surface area contributed by atoms with Crippen LogP contribution in [0, 0.1) is 13.8 Å². The highest BCUT2D eigenvalue weighted by Crippen LogP contribution is 2.29. The average molecular weight is 523 g/mol. The van der Waals surface area contributed by atoms with Crippen molar-refractivity contribution in [2.75, 3.05) is 18.2 Å². The van der Waals surface area contributed by atoms with E-state index in [2.05, 4.69) is 37.5 Å². The topological polar surface area (TPSA) is 69.0 Å². The molecule has 0 aliphatic heterocycles. The first kappa shape index (κ1) is 23.1. The summed E-state index contributed by atoms with van der Waals surface area (Å²) < 4.78 is 8.24. The van der Waals surface area contributed by atoms with Gasteiger partial charge in [0.25, 0.3) is 0 Å². The van der Waals surface area contributed by atoms with E-state index in [0.717, 1.165) is 44.1 Å². The zero-order chi connectivity index (χ0) is 23.4. The molecule has 4 aromatic rings. The Kier molecular flexibility index (Phi) is 7.15. The fourth-order valence-electron chi connectivity index (χ4n) is 3.38. The van der Waals surface area contributed by atoms with Gasteiger partial charge < -0.3 is 10.1 Å². The van der Waals surface area contributed by atoms with Gasteiger partial charge >= 0.3 is 0 Å². The van der Waals surface area contributed by atoms with Crippen molar-refractivity contribution in [3.8, 4) is 22.8 Å². The molecule has 0 aliphatic carbocycles. The van der Waals surface area contributed by atoms with Gasteiger partial charge in [-0.25, -0.2) is 0 Å². The zero-order valence-corrected chi connectivity index (χ0v) is 20.9. The number of thioether (sulfide) groups is 1. The van der Waals surface area contributed by atoms with Crippen LogP contribution in [0.4, 0.5) is 5.69 Å². The van der Waals surface area contributed by atoms with Gasteiger partial charge in [-0.1, -0.05) is 51.5 Å². The second kappa shape index (κ2) is 10.2. The Morgan fingerprint density at radius 2 is 1.85 bits per heavy atom. The molecule has 0 saturated carbocycles. The van der Waals surface area contributed by atoms with Crippen LogP contribution in [-0.2, 0) is 4.79 Å². The summed E-state index contributed by atoms with van der Waals surface area (Å²) in [5.74, 6) is 1.59. The monoisotopic (exact) mass is 522 g/mol. The van der Waals surface area contributed by atoms with Gasteiger partial charge in [-0.15, -0.1) is 10.2 Å². The molecule has 0 unspecified atom stereocenters. The Morgan fingerprint density at radius 3 is 2.55 bits per heavy atom. The number of hydrogen-bond acceptors (Lipinski definition) is 5. The van der Waals surface area contributed by atoms with E-state index in [1.165, 1.54) is 11.8 Å². The Morgan fingerprint density at radius 1 is 1.06 bits per heavy atom. The second-order valence-corrected chi connectivity index (χ2v) is 9.36. The Balaban J connectivity index is 1.61. The van der Waals surface area contributed by atoms with Gasteiger partial charge in [-0.2, -0.15) is 0 Å². The van der Waals surface area contributed by atoms with Crippen molar-refractivity contribution in [1.82, 2.24) is 14.8 Å². The number of aromatic nitrogens is 3. The van der Waals surface area contributed by atoms with Crippen LogP contribution in [-0.4, -0.2) is 33.5 Å². The van der Waals surface area contributed by atoms with E-state index in [4.69, 9.17) is 4.74 Å². The summed E-state index contributed by atoms with van der Waals surface area (Å²) in [4.78, 5) is 12.7. The van der Waals surface area contributed by atoms with Crippen LogP contribution >= 0.6 is 27.7 Å². The van der Waals surface area contributed by atoms with Crippen LogP contribution in [0.25, 0.3) is 17.1 Å². The average Bonchev–Trinajstić information content (AvgIpc) is 3.23. The van der Waals surface area contributed by atoms with Crippen molar-refractivity contribution in [3.05, 3.63) is 82.3 Å². The van der Waals surface area contributed by atoms with Crippen LogP contribution in [0.15, 0.2) is 76.4 Å². The van der Waals surface area contributed by atoms with Crippen molar-refractivity contribution in [1.29, 1.82) is 0 Å². The molecular formula is C25H23BrN4O2S. The molecule has 1 N–H and O–H groups in total. The molecule has 1 amide bonds. The van der Waals surface area contributed by atoms with Crippen LogP contribution in [0.5, 0.6) is 5.75 Å². The normalized spacial score (nSPS) is 10.8. The fraction of sp³-hybridized carbons (Fsp3) is 0.160. The van der Waals surface area contributed by atoms with Crippen molar-refractivity contribution in [2.45, 2.75) is 19.0 Å². The SMILES string of the molecule is COc1ccc(-n2c(SCC(=O)Nc3ccc(Br)cc3C)nnc2-c2cccc(C)c2)cc1. The molecule has 8 heteroatoms. The first-order valence-corrected chi connectivity index (χ1v) is 12.1. The van der Waals surface area contributed by atoms with Crippen LogP contribution in [0.1, 0.15) is 11.1 Å². The third kappa shape index (κ3) is 5.46. The molecular weight excluding hydrogens is 500 g/mol. The predicted molar refractivity (Wildman–Crippen MR) is 136 cm³/mol. The molecule has 0 spiro atoms. The molecule has 0 bridgehead atoms. The molecule has 6 nitrogen and oxygen atoms in total. The molecule has 0 atom stereocenters. The first-order valence-electron chi connectivity index (χ1n) is 10.3. The van der Waals surface area contributed by atoms with Gasteiger partial charge in [0.2, 0.25) is 5.91 Å². The molecule has 3 aromatic carbocycles. The van der Waals surface area contributed by atoms with Gasteiger partial charge in [0.05, 0.1) is 12.9 Å². The summed E-state index contributed by atoms with van der Waals surface area (Å²) >= 11 is 4.79. The minimum absolute atomic E-state index is 0.105. The standard InChI is InChI=1S/C25H23BrN4O2S/c1-16-5-4-6-18(13-16)24-28-29-25(30(24)20-8-10-21(32-3)11-9-20)33-15-23(31)27-22-12-7-19(26)14-17(22)2/h4-14H,15H2,1-3H3,(H,27,31). The van der Waals surface area contributed by atoms with Gasteiger partial charge in [-0.3, -0.25) is 9.36 Å². The summed E-state index contributed by atoms with van der Waals surface area (Å²) in [6.07, 6.45) is 0. The molecule has 168 valence electrons. The van der Waals surface area contributed by atoms with Crippen molar-refractivity contribution < 1.29 is 9.53 Å². The third-order valence-electron chi connectivity index (χ3n) is 5.04. The number of benzene rings is 3. The summed E-state index contributed by atoms with van der Waals surface area (Å²) in [7, 11) is 1.64. The lowest BCUT2D eigenvalue weighted by Crippen LogP contribution is -2.15. The largest absolute Gasteiger partial charge is 0.497 e. The Labute approximate surface area is 205 Å². The maximum Gasteiger partial charge on any atom is 0.234 e. The number of methoxy groups -OCH3 is 1. The quantitative estimate of drug-likeness (QED) is 0.299. The first-order chi connectivity index (χ1) is 15.9. The maximum absolute atomic E-state index is 12.7. The highest BCUT2D eigenvalue weighted by Gasteiger charge is 2.18. The lowest BCUT2D eigenvalue weighted by molar-refractivity contribution is -0.113. The van der Waals surface area contributed by atoms with E-state index in [1.807, 2.05) is 79.1 Å². The number of carbonyl (C=O) groups is 1. The highest BCUT2D eigenvalue weighted by molar-refractivity contribution is 9.10. The number of nitrogens with one attached hydrogen (secondary N) is 1. The summed E-state index contributed by atoms with van der Waals surface area (Å²) in [5.41, 5.74) is 4.77. The molecule has 0 aliphatic rings. The van der Waals surface area contributed by atoms with E-state index in [-0.39, 0.29) is 11.7 Å². The number of rotatable bonds is 7. The van der Waals surface area contributed by atoms with Gasteiger partial charge in [0, 0.05) is 21.4 Å². The summed E-state index contributed by atoms with van der Waals surface area (Å²) in [5, 5.41) is 12.5. The molecule has 0 fully saturated rings. The minimum Gasteiger partial charge on any atom is -0.497 e. The molecule has 33 heavy (non-hydrogen) atoms. The lowest BCUT2D eigenvalue weighted by Gasteiger charge is -2.12. The Hall–Kier alpha value is -3.10. The zero-order valence-electron chi connectivity index (χ0n) is 18.5. The van der Waals surface area contributed by atoms with Crippen LogP contribution < -0.4 is 10.1 Å². The summed E-state index contributed by atoms with van der Waals surface area (Å²) in [6.45, 7) is 4.00. The number of anilines is 1.